The fourth-order valence-electron chi connectivity index (χ4n) is 3.16. The van der Waals surface area contributed by atoms with Crippen LogP contribution in [0, 0.1) is 0 Å². The molecule has 1 aromatic heterocycles. The first-order chi connectivity index (χ1) is 12.1. The summed E-state index contributed by atoms with van der Waals surface area (Å²) in [6.45, 7) is 3.79. The smallest absolute Gasteiger partial charge is 0.374 e. The number of anilines is 1. The summed E-state index contributed by atoms with van der Waals surface area (Å²) in [4.78, 5) is 27.3. The largest absolute Gasteiger partial charge is 0.475 e. The van der Waals surface area contributed by atoms with Crippen LogP contribution in [0.25, 0.3) is 0 Å². The van der Waals surface area contributed by atoms with Gasteiger partial charge in [0.25, 0.3) is 0 Å². The summed E-state index contributed by atoms with van der Waals surface area (Å²) in [5, 5.41) is 12.8. The zero-order valence-corrected chi connectivity index (χ0v) is 14.1. The maximum atomic E-state index is 12.8. The summed E-state index contributed by atoms with van der Waals surface area (Å²) in [5.74, 6) is -1.14. The standard InChI is InChI=1S/C18H21N3O4/c1-2-21(14-6-4-3-5-7-14)18(24)20-10-8-13(9-11-20)15-12-16(17(22)23)25-19-15/h3-7,12-13H,2,8-11H2,1H3,(H,22,23). The molecule has 0 aliphatic carbocycles. The van der Waals surface area contributed by atoms with Gasteiger partial charge >= 0.3 is 12.0 Å². The van der Waals surface area contributed by atoms with Crippen LogP contribution in [0.1, 0.15) is 41.9 Å². The Morgan fingerprint density at radius 2 is 1.96 bits per heavy atom. The van der Waals surface area contributed by atoms with E-state index < -0.39 is 5.97 Å². The number of nitrogens with zero attached hydrogens (tertiary/aromatic N) is 3. The maximum Gasteiger partial charge on any atom is 0.374 e. The first-order valence-corrected chi connectivity index (χ1v) is 8.41. The number of amides is 2. The molecule has 7 heteroatoms. The third-order valence-corrected chi connectivity index (χ3v) is 4.54. The predicted molar refractivity (Wildman–Crippen MR) is 91.9 cm³/mol. The van der Waals surface area contributed by atoms with Crippen LogP contribution < -0.4 is 4.90 Å². The summed E-state index contributed by atoms with van der Waals surface area (Å²) in [7, 11) is 0. The zero-order valence-electron chi connectivity index (χ0n) is 14.1. The third-order valence-electron chi connectivity index (χ3n) is 4.54. The zero-order chi connectivity index (χ0) is 17.8. The highest BCUT2D eigenvalue weighted by atomic mass is 16.5. The highest BCUT2D eigenvalue weighted by molar-refractivity contribution is 5.92. The van der Waals surface area contributed by atoms with Gasteiger partial charge in [0.05, 0.1) is 5.69 Å². The Morgan fingerprint density at radius 3 is 2.52 bits per heavy atom. The minimum Gasteiger partial charge on any atom is -0.475 e. The van der Waals surface area contributed by atoms with Crippen molar-refractivity contribution < 1.29 is 19.2 Å². The number of likely N-dealkylation sites (tertiary alicyclic amines) is 1. The van der Waals surface area contributed by atoms with Gasteiger partial charge in [-0.2, -0.15) is 0 Å². The van der Waals surface area contributed by atoms with E-state index in [0.717, 1.165) is 18.5 Å². The molecule has 2 heterocycles. The normalized spacial score (nSPS) is 15.2. The van der Waals surface area contributed by atoms with Gasteiger partial charge in [0, 0.05) is 37.3 Å². The van der Waals surface area contributed by atoms with Crippen LogP contribution in [0.4, 0.5) is 10.5 Å². The molecule has 0 spiro atoms. The van der Waals surface area contributed by atoms with Crippen molar-refractivity contribution in [3.63, 3.8) is 0 Å². The molecule has 0 unspecified atom stereocenters. The number of aromatic nitrogens is 1. The molecule has 25 heavy (non-hydrogen) atoms. The molecule has 1 saturated heterocycles. The average Bonchev–Trinajstić information content (AvgIpc) is 3.14. The van der Waals surface area contributed by atoms with Gasteiger partial charge in [-0.05, 0) is 31.9 Å². The third kappa shape index (κ3) is 3.65. The number of piperidine rings is 1. The van der Waals surface area contributed by atoms with Gasteiger partial charge in [-0.3, -0.25) is 4.90 Å². The van der Waals surface area contributed by atoms with Crippen LogP contribution in [0.2, 0.25) is 0 Å². The lowest BCUT2D eigenvalue weighted by atomic mass is 9.93. The molecule has 3 rings (SSSR count). The molecule has 2 aromatic rings. The molecule has 0 radical (unpaired) electrons. The molecule has 1 aliphatic heterocycles. The van der Waals surface area contributed by atoms with Crippen molar-refractivity contribution in [1.82, 2.24) is 10.1 Å². The van der Waals surface area contributed by atoms with Gasteiger partial charge in [-0.1, -0.05) is 23.4 Å². The molecule has 1 aromatic carbocycles. The summed E-state index contributed by atoms with van der Waals surface area (Å²) in [6, 6.07) is 11.1. The Labute approximate surface area is 145 Å². The molecule has 1 aliphatic rings. The molecule has 1 fully saturated rings. The van der Waals surface area contributed by atoms with Crippen LogP contribution in [0.5, 0.6) is 0 Å². The van der Waals surface area contributed by atoms with Gasteiger partial charge < -0.3 is 14.5 Å². The lowest BCUT2D eigenvalue weighted by Crippen LogP contribution is -2.46. The molecule has 0 saturated carbocycles. The quantitative estimate of drug-likeness (QED) is 0.921. The van der Waals surface area contributed by atoms with E-state index in [0.29, 0.717) is 25.3 Å². The number of hydrogen-bond donors (Lipinski definition) is 1. The summed E-state index contributed by atoms with van der Waals surface area (Å²) < 4.78 is 4.83. The van der Waals surface area contributed by atoms with E-state index in [2.05, 4.69) is 5.16 Å². The Hall–Kier alpha value is -2.83. The molecule has 1 N–H and O–H groups in total. The average molecular weight is 343 g/mol. The van der Waals surface area contributed by atoms with E-state index in [1.807, 2.05) is 42.2 Å². The Kier molecular flexibility index (Phi) is 5.02. The van der Waals surface area contributed by atoms with Gasteiger partial charge in [0.15, 0.2) is 0 Å². The van der Waals surface area contributed by atoms with Crippen LogP contribution in [-0.4, -0.2) is 46.8 Å². The van der Waals surface area contributed by atoms with Crippen molar-refractivity contribution in [2.45, 2.75) is 25.7 Å². The monoisotopic (exact) mass is 343 g/mol. The maximum absolute atomic E-state index is 12.8. The number of urea groups is 1. The first kappa shape index (κ1) is 17.0. The molecular formula is C18H21N3O4. The van der Waals surface area contributed by atoms with Crippen molar-refractivity contribution >= 4 is 17.7 Å². The highest BCUT2D eigenvalue weighted by Gasteiger charge is 2.29. The van der Waals surface area contributed by atoms with Gasteiger partial charge in [-0.15, -0.1) is 0 Å². The van der Waals surface area contributed by atoms with Crippen LogP contribution in [-0.2, 0) is 0 Å². The highest BCUT2D eigenvalue weighted by Crippen LogP contribution is 2.28. The van der Waals surface area contributed by atoms with E-state index in [1.54, 1.807) is 4.90 Å². The number of carboxylic acid groups (broad SMARTS) is 1. The molecule has 7 nitrogen and oxygen atoms in total. The minimum atomic E-state index is -1.12. The summed E-state index contributed by atoms with van der Waals surface area (Å²) >= 11 is 0. The first-order valence-electron chi connectivity index (χ1n) is 8.41. The number of benzene rings is 1. The molecule has 2 amide bonds. The van der Waals surface area contributed by atoms with Crippen molar-refractivity contribution in [2.24, 2.45) is 0 Å². The number of carbonyl (C=O) groups is 2. The summed E-state index contributed by atoms with van der Waals surface area (Å²) in [6.07, 6.45) is 1.48. The van der Waals surface area contributed by atoms with Crippen LogP contribution in [0.3, 0.4) is 0 Å². The number of para-hydroxylation sites is 1. The molecular weight excluding hydrogens is 322 g/mol. The Morgan fingerprint density at radius 1 is 1.28 bits per heavy atom. The van der Waals surface area contributed by atoms with Crippen LogP contribution >= 0.6 is 0 Å². The van der Waals surface area contributed by atoms with E-state index in [9.17, 15) is 9.59 Å². The molecule has 0 bridgehead atoms. The fraction of sp³-hybridized carbons (Fsp3) is 0.389. The number of carbonyl (C=O) groups excluding carboxylic acids is 1. The lowest BCUT2D eigenvalue weighted by Gasteiger charge is -2.35. The number of carboxylic acids is 1. The SMILES string of the molecule is CCN(C(=O)N1CCC(c2cc(C(=O)O)on2)CC1)c1ccccc1. The molecule has 132 valence electrons. The number of rotatable bonds is 4. The van der Waals surface area contributed by atoms with E-state index in [4.69, 9.17) is 9.63 Å². The van der Waals surface area contributed by atoms with E-state index in [-0.39, 0.29) is 17.7 Å². The summed E-state index contributed by atoms with van der Waals surface area (Å²) in [5.41, 5.74) is 1.54. The Bertz CT molecular complexity index is 736. The van der Waals surface area contributed by atoms with E-state index in [1.165, 1.54) is 6.07 Å². The Balaban J connectivity index is 1.63. The predicted octanol–water partition coefficient (Wildman–Crippen LogP) is 3.20. The number of aromatic carboxylic acids is 1. The van der Waals surface area contributed by atoms with Crippen molar-refractivity contribution in [1.29, 1.82) is 0 Å². The number of hydrogen-bond acceptors (Lipinski definition) is 4. The second-order valence-electron chi connectivity index (χ2n) is 6.04. The van der Waals surface area contributed by atoms with Crippen molar-refractivity contribution in [2.75, 3.05) is 24.5 Å². The van der Waals surface area contributed by atoms with E-state index >= 15 is 0 Å². The van der Waals surface area contributed by atoms with Gasteiger partial charge in [0.1, 0.15) is 0 Å². The topological polar surface area (TPSA) is 86.9 Å². The minimum absolute atomic E-state index is 0.00136. The van der Waals surface area contributed by atoms with Crippen molar-refractivity contribution in [3.05, 3.63) is 47.9 Å². The van der Waals surface area contributed by atoms with Gasteiger partial charge in [0.2, 0.25) is 5.76 Å². The fourth-order valence-corrected chi connectivity index (χ4v) is 3.16. The second kappa shape index (κ2) is 7.38. The van der Waals surface area contributed by atoms with Crippen LogP contribution in [0.15, 0.2) is 40.9 Å². The second-order valence-corrected chi connectivity index (χ2v) is 6.04. The lowest BCUT2D eigenvalue weighted by molar-refractivity contribution is 0.0651. The van der Waals surface area contributed by atoms with Crippen molar-refractivity contribution in [3.8, 4) is 0 Å². The van der Waals surface area contributed by atoms with Gasteiger partial charge in [-0.25, -0.2) is 9.59 Å². The molecule has 0 atom stereocenters.